The molecule has 0 unspecified atom stereocenters. The molecule has 2 aromatic heterocycles. The highest BCUT2D eigenvalue weighted by molar-refractivity contribution is 7.17. The van der Waals surface area contributed by atoms with Gasteiger partial charge in [0.2, 0.25) is 0 Å². The lowest BCUT2D eigenvalue weighted by Crippen LogP contribution is -2.11. The van der Waals surface area contributed by atoms with Gasteiger partial charge >= 0.3 is 0 Å². The van der Waals surface area contributed by atoms with Crippen molar-refractivity contribution in [3.63, 3.8) is 0 Å². The average molecular weight is 379 g/mol. The predicted molar refractivity (Wildman–Crippen MR) is 108 cm³/mol. The SMILES string of the molecule is C[C@H]1CCc2c(sc(NC(=O)c3sccc3-c3ccccc3)c2C#N)C1. The summed E-state index contributed by atoms with van der Waals surface area (Å²) in [6.45, 7) is 2.24. The van der Waals surface area contributed by atoms with Crippen molar-refractivity contribution in [1.29, 1.82) is 5.26 Å². The molecule has 0 bridgehead atoms. The van der Waals surface area contributed by atoms with Gasteiger partial charge in [0.15, 0.2) is 0 Å². The van der Waals surface area contributed by atoms with Gasteiger partial charge < -0.3 is 5.32 Å². The largest absolute Gasteiger partial charge is 0.312 e. The molecule has 1 aromatic carbocycles. The summed E-state index contributed by atoms with van der Waals surface area (Å²) >= 11 is 3.00. The number of thiophene rings is 2. The molecule has 5 heteroatoms. The van der Waals surface area contributed by atoms with Crippen molar-refractivity contribution in [3.05, 3.63) is 62.7 Å². The van der Waals surface area contributed by atoms with E-state index in [0.717, 1.165) is 36.0 Å². The molecule has 2 heterocycles. The molecule has 0 saturated heterocycles. The fraction of sp³-hybridized carbons (Fsp3) is 0.238. The molecule has 3 nitrogen and oxygen atoms in total. The molecule has 130 valence electrons. The van der Waals surface area contributed by atoms with Crippen LogP contribution in [0.5, 0.6) is 0 Å². The van der Waals surface area contributed by atoms with E-state index in [0.29, 0.717) is 21.4 Å². The van der Waals surface area contributed by atoms with Gasteiger partial charge in [0.25, 0.3) is 5.91 Å². The molecule has 0 spiro atoms. The summed E-state index contributed by atoms with van der Waals surface area (Å²) < 4.78 is 0. The molecule has 0 radical (unpaired) electrons. The van der Waals surface area contributed by atoms with E-state index in [4.69, 9.17) is 0 Å². The van der Waals surface area contributed by atoms with Crippen LogP contribution in [0, 0.1) is 17.2 Å². The van der Waals surface area contributed by atoms with Crippen LogP contribution in [0.25, 0.3) is 11.1 Å². The topological polar surface area (TPSA) is 52.9 Å². The molecule has 3 aromatic rings. The lowest BCUT2D eigenvalue weighted by Gasteiger charge is -2.17. The quantitative estimate of drug-likeness (QED) is 0.633. The van der Waals surface area contributed by atoms with Gasteiger partial charge in [-0.2, -0.15) is 5.26 Å². The van der Waals surface area contributed by atoms with Crippen LogP contribution >= 0.6 is 22.7 Å². The minimum Gasteiger partial charge on any atom is -0.312 e. The van der Waals surface area contributed by atoms with Crippen molar-refractivity contribution in [2.24, 2.45) is 5.92 Å². The molecule has 1 atom stereocenters. The normalized spacial score (nSPS) is 15.9. The first kappa shape index (κ1) is 17.0. The minimum absolute atomic E-state index is 0.137. The Morgan fingerprint density at radius 1 is 1.27 bits per heavy atom. The van der Waals surface area contributed by atoms with Crippen molar-refractivity contribution < 1.29 is 4.79 Å². The van der Waals surface area contributed by atoms with Gasteiger partial charge in [-0.15, -0.1) is 22.7 Å². The summed E-state index contributed by atoms with van der Waals surface area (Å²) in [6.07, 6.45) is 3.04. The standard InChI is InChI=1S/C21H18N2OS2/c1-13-7-8-16-17(12-22)21(26-18(16)11-13)23-20(24)19-15(9-10-25-19)14-5-3-2-4-6-14/h2-6,9-10,13H,7-8,11H2,1H3,(H,23,24)/t13-/m0/s1. The summed E-state index contributed by atoms with van der Waals surface area (Å²) in [5.41, 5.74) is 3.75. The summed E-state index contributed by atoms with van der Waals surface area (Å²) in [5, 5.41) is 15.3. The summed E-state index contributed by atoms with van der Waals surface area (Å²) in [7, 11) is 0. The smallest absolute Gasteiger partial charge is 0.267 e. The molecule has 1 amide bonds. The van der Waals surface area contributed by atoms with E-state index >= 15 is 0 Å². The van der Waals surface area contributed by atoms with Gasteiger partial charge in [-0.3, -0.25) is 4.79 Å². The van der Waals surface area contributed by atoms with E-state index in [9.17, 15) is 10.1 Å². The molecule has 1 aliphatic carbocycles. The average Bonchev–Trinajstić information content (AvgIpc) is 3.26. The predicted octanol–water partition coefficient (Wildman–Crippen LogP) is 5.73. The van der Waals surface area contributed by atoms with Crippen LogP contribution in [0.4, 0.5) is 5.00 Å². The molecule has 0 fully saturated rings. The van der Waals surface area contributed by atoms with Crippen molar-refractivity contribution >= 4 is 33.6 Å². The number of rotatable bonds is 3. The number of carbonyl (C=O) groups is 1. The van der Waals surface area contributed by atoms with Crippen LogP contribution in [0.1, 0.15) is 39.0 Å². The van der Waals surface area contributed by atoms with Crippen LogP contribution in [-0.4, -0.2) is 5.91 Å². The van der Waals surface area contributed by atoms with Crippen molar-refractivity contribution in [1.82, 2.24) is 0 Å². The number of amides is 1. The van der Waals surface area contributed by atoms with E-state index in [1.807, 2.05) is 41.8 Å². The lowest BCUT2D eigenvalue weighted by molar-refractivity contribution is 0.103. The van der Waals surface area contributed by atoms with Crippen molar-refractivity contribution in [3.8, 4) is 17.2 Å². The molecule has 0 saturated carbocycles. The van der Waals surface area contributed by atoms with E-state index in [-0.39, 0.29) is 5.91 Å². The van der Waals surface area contributed by atoms with Gasteiger partial charge in [-0.1, -0.05) is 37.3 Å². The van der Waals surface area contributed by atoms with Crippen LogP contribution in [0.2, 0.25) is 0 Å². The first-order valence-corrected chi connectivity index (χ1v) is 10.4. The molecule has 1 aliphatic rings. The third kappa shape index (κ3) is 3.07. The van der Waals surface area contributed by atoms with E-state index in [1.165, 1.54) is 16.2 Å². The Morgan fingerprint density at radius 3 is 2.85 bits per heavy atom. The molecular formula is C21H18N2OS2. The van der Waals surface area contributed by atoms with Crippen molar-refractivity contribution in [2.75, 3.05) is 5.32 Å². The molecule has 1 N–H and O–H groups in total. The number of carbonyl (C=O) groups excluding carboxylic acids is 1. The molecule has 4 rings (SSSR count). The Kier molecular flexibility index (Phi) is 4.62. The van der Waals surface area contributed by atoms with Gasteiger partial charge in [0.1, 0.15) is 15.9 Å². The highest BCUT2D eigenvalue weighted by Gasteiger charge is 2.25. The number of nitrogens with zero attached hydrogens (tertiary/aromatic N) is 1. The fourth-order valence-corrected chi connectivity index (χ4v) is 5.61. The second kappa shape index (κ2) is 7.06. The Morgan fingerprint density at radius 2 is 2.08 bits per heavy atom. The zero-order chi connectivity index (χ0) is 18.1. The van der Waals surface area contributed by atoms with Gasteiger partial charge in [-0.25, -0.2) is 0 Å². The maximum atomic E-state index is 12.9. The zero-order valence-corrected chi connectivity index (χ0v) is 16.0. The third-order valence-electron chi connectivity index (χ3n) is 4.81. The summed E-state index contributed by atoms with van der Waals surface area (Å²) in [5.74, 6) is 0.500. The van der Waals surface area contributed by atoms with E-state index < -0.39 is 0 Å². The number of nitriles is 1. The number of hydrogen-bond donors (Lipinski definition) is 1. The first-order valence-electron chi connectivity index (χ1n) is 8.66. The Hall–Kier alpha value is -2.42. The number of fused-ring (bicyclic) bond motifs is 1. The highest BCUT2D eigenvalue weighted by Crippen LogP contribution is 2.40. The van der Waals surface area contributed by atoms with Crippen molar-refractivity contribution in [2.45, 2.75) is 26.2 Å². The van der Waals surface area contributed by atoms with E-state index in [2.05, 4.69) is 18.3 Å². The second-order valence-corrected chi connectivity index (χ2v) is 8.67. The van der Waals surface area contributed by atoms with Gasteiger partial charge in [-0.05, 0) is 47.8 Å². The van der Waals surface area contributed by atoms with Gasteiger partial charge in [0, 0.05) is 10.4 Å². The highest BCUT2D eigenvalue weighted by atomic mass is 32.1. The lowest BCUT2D eigenvalue weighted by atomic mass is 9.88. The van der Waals surface area contributed by atoms with Crippen LogP contribution in [-0.2, 0) is 12.8 Å². The Balaban J connectivity index is 1.65. The summed E-state index contributed by atoms with van der Waals surface area (Å²) in [6, 6.07) is 14.2. The number of hydrogen-bond acceptors (Lipinski definition) is 4. The van der Waals surface area contributed by atoms with Crippen LogP contribution in [0.15, 0.2) is 41.8 Å². The Bertz CT molecular complexity index is 995. The maximum absolute atomic E-state index is 12.9. The minimum atomic E-state index is -0.137. The Labute approximate surface area is 160 Å². The molecule has 26 heavy (non-hydrogen) atoms. The fourth-order valence-electron chi connectivity index (χ4n) is 3.45. The molecular weight excluding hydrogens is 360 g/mol. The number of benzene rings is 1. The van der Waals surface area contributed by atoms with Crippen LogP contribution in [0.3, 0.4) is 0 Å². The molecule has 0 aliphatic heterocycles. The van der Waals surface area contributed by atoms with E-state index in [1.54, 1.807) is 11.3 Å². The van der Waals surface area contributed by atoms with Gasteiger partial charge in [0.05, 0.1) is 5.56 Å². The van der Waals surface area contributed by atoms with Crippen LogP contribution < -0.4 is 5.32 Å². The first-order chi connectivity index (χ1) is 12.7. The number of anilines is 1. The monoisotopic (exact) mass is 378 g/mol. The maximum Gasteiger partial charge on any atom is 0.267 e. The third-order valence-corrected chi connectivity index (χ3v) is 6.89. The zero-order valence-electron chi connectivity index (χ0n) is 14.4. The second-order valence-electron chi connectivity index (χ2n) is 6.65. The number of nitrogens with one attached hydrogen (secondary N) is 1. The summed E-state index contributed by atoms with van der Waals surface area (Å²) in [4.78, 5) is 14.8.